The SMILES string of the molecule is CC(C)N(Cc1nccc(N)n1)CC1CCCN1. The van der Waals surface area contributed by atoms with Crippen LogP contribution in [0.5, 0.6) is 0 Å². The van der Waals surface area contributed by atoms with Crippen molar-refractivity contribution in [3.8, 4) is 0 Å². The van der Waals surface area contributed by atoms with Crippen LogP contribution >= 0.6 is 0 Å². The monoisotopic (exact) mass is 249 g/mol. The Balaban J connectivity index is 1.97. The highest BCUT2D eigenvalue weighted by Gasteiger charge is 2.20. The average Bonchev–Trinajstić information content (AvgIpc) is 2.81. The molecular weight excluding hydrogens is 226 g/mol. The van der Waals surface area contributed by atoms with Crippen molar-refractivity contribution in [2.24, 2.45) is 0 Å². The number of rotatable bonds is 5. The minimum atomic E-state index is 0.484. The molecule has 0 radical (unpaired) electrons. The maximum absolute atomic E-state index is 5.69. The van der Waals surface area contributed by atoms with Gasteiger partial charge in [0, 0.05) is 24.8 Å². The normalized spacial score (nSPS) is 19.9. The first-order chi connectivity index (χ1) is 8.65. The molecule has 0 aliphatic carbocycles. The summed E-state index contributed by atoms with van der Waals surface area (Å²) >= 11 is 0. The molecule has 3 N–H and O–H groups in total. The summed E-state index contributed by atoms with van der Waals surface area (Å²) in [5.41, 5.74) is 5.69. The lowest BCUT2D eigenvalue weighted by Gasteiger charge is -2.28. The molecule has 1 aliphatic rings. The highest BCUT2D eigenvalue weighted by Crippen LogP contribution is 2.11. The number of nitrogen functional groups attached to an aromatic ring is 1. The van der Waals surface area contributed by atoms with Gasteiger partial charge >= 0.3 is 0 Å². The van der Waals surface area contributed by atoms with E-state index < -0.39 is 0 Å². The van der Waals surface area contributed by atoms with E-state index in [4.69, 9.17) is 5.73 Å². The van der Waals surface area contributed by atoms with E-state index in [2.05, 4.69) is 34.0 Å². The van der Waals surface area contributed by atoms with E-state index in [0.717, 1.165) is 25.5 Å². The first-order valence-corrected chi connectivity index (χ1v) is 6.70. The Labute approximate surface area is 109 Å². The Morgan fingerprint density at radius 3 is 3.00 bits per heavy atom. The Morgan fingerprint density at radius 2 is 2.39 bits per heavy atom. The Morgan fingerprint density at radius 1 is 1.56 bits per heavy atom. The highest BCUT2D eigenvalue weighted by atomic mass is 15.2. The second-order valence-electron chi connectivity index (χ2n) is 5.21. The van der Waals surface area contributed by atoms with Gasteiger partial charge in [-0.1, -0.05) is 0 Å². The maximum atomic E-state index is 5.69. The lowest BCUT2D eigenvalue weighted by atomic mass is 10.2. The minimum absolute atomic E-state index is 0.484. The molecule has 1 unspecified atom stereocenters. The molecule has 1 fully saturated rings. The third-order valence-corrected chi connectivity index (χ3v) is 3.42. The molecule has 5 heteroatoms. The number of anilines is 1. The molecule has 5 nitrogen and oxygen atoms in total. The molecule has 100 valence electrons. The van der Waals surface area contributed by atoms with Crippen molar-refractivity contribution in [2.75, 3.05) is 18.8 Å². The Hall–Kier alpha value is -1.20. The van der Waals surface area contributed by atoms with Crippen molar-refractivity contribution in [1.29, 1.82) is 0 Å². The molecule has 0 saturated carbocycles. The second-order valence-corrected chi connectivity index (χ2v) is 5.21. The number of hydrogen-bond acceptors (Lipinski definition) is 5. The first-order valence-electron chi connectivity index (χ1n) is 6.70. The van der Waals surface area contributed by atoms with E-state index in [1.54, 1.807) is 12.3 Å². The van der Waals surface area contributed by atoms with Crippen LogP contribution < -0.4 is 11.1 Å². The van der Waals surface area contributed by atoms with Crippen molar-refractivity contribution in [3.05, 3.63) is 18.1 Å². The predicted molar refractivity (Wildman–Crippen MR) is 73.0 cm³/mol. The molecule has 0 spiro atoms. The molecule has 0 amide bonds. The predicted octanol–water partition coefficient (Wildman–Crippen LogP) is 1.02. The molecule has 0 bridgehead atoms. The van der Waals surface area contributed by atoms with Gasteiger partial charge < -0.3 is 11.1 Å². The molecule has 1 atom stereocenters. The standard InChI is InChI=1S/C13H23N5/c1-10(2)18(8-11-4-3-6-15-11)9-13-16-7-5-12(14)17-13/h5,7,10-11,15H,3-4,6,8-9H2,1-2H3,(H2,14,16,17). The third kappa shape index (κ3) is 3.65. The minimum Gasteiger partial charge on any atom is -0.384 e. The van der Waals surface area contributed by atoms with Crippen molar-refractivity contribution in [1.82, 2.24) is 20.2 Å². The maximum Gasteiger partial charge on any atom is 0.144 e. The van der Waals surface area contributed by atoms with Gasteiger partial charge in [0.15, 0.2) is 0 Å². The molecule has 1 aromatic rings. The van der Waals surface area contributed by atoms with Crippen LogP contribution in [0.15, 0.2) is 12.3 Å². The zero-order chi connectivity index (χ0) is 13.0. The number of nitrogens with two attached hydrogens (primary N) is 1. The quantitative estimate of drug-likeness (QED) is 0.815. The summed E-state index contributed by atoms with van der Waals surface area (Å²) in [4.78, 5) is 11.0. The highest BCUT2D eigenvalue weighted by molar-refractivity contribution is 5.24. The summed E-state index contributed by atoms with van der Waals surface area (Å²) in [6.07, 6.45) is 4.27. The summed E-state index contributed by atoms with van der Waals surface area (Å²) in [6.45, 7) is 7.38. The van der Waals surface area contributed by atoms with Gasteiger partial charge in [0.1, 0.15) is 11.6 Å². The van der Waals surface area contributed by atoms with Gasteiger partial charge in [0.05, 0.1) is 6.54 Å². The zero-order valence-electron chi connectivity index (χ0n) is 11.3. The molecule has 2 heterocycles. The largest absolute Gasteiger partial charge is 0.384 e. The van der Waals surface area contributed by atoms with E-state index in [9.17, 15) is 0 Å². The van der Waals surface area contributed by atoms with Gasteiger partial charge in [-0.15, -0.1) is 0 Å². The average molecular weight is 249 g/mol. The van der Waals surface area contributed by atoms with Crippen molar-refractivity contribution < 1.29 is 0 Å². The van der Waals surface area contributed by atoms with E-state index in [-0.39, 0.29) is 0 Å². The summed E-state index contributed by atoms with van der Waals surface area (Å²) in [6, 6.07) is 2.81. The third-order valence-electron chi connectivity index (χ3n) is 3.42. The van der Waals surface area contributed by atoms with Gasteiger partial charge in [-0.05, 0) is 39.3 Å². The van der Waals surface area contributed by atoms with E-state index in [1.165, 1.54) is 12.8 Å². The smallest absolute Gasteiger partial charge is 0.144 e. The lowest BCUT2D eigenvalue weighted by Crippen LogP contribution is -2.41. The Bertz CT molecular complexity index is 373. The van der Waals surface area contributed by atoms with Crippen molar-refractivity contribution in [2.45, 2.75) is 45.3 Å². The fourth-order valence-electron chi connectivity index (χ4n) is 2.33. The summed E-state index contributed by atoms with van der Waals surface area (Å²) in [5, 5.41) is 3.53. The van der Waals surface area contributed by atoms with Crippen LogP contribution in [0.4, 0.5) is 5.82 Å². The fraction of sp³-hybridized carbons (Fsp3) is 0.692. The van der Waals surface area contributed by atoms with Crippen LogP contribution in [0.25, 0.3) is 0 Å². The van der Waals surface area contributed by atoms with E-state index in [0.29, 0.717) is 17.9 Å². The van der Waals surface area contributed by atoms with Crippen molar-refractivity contribution in [3.63, 3.8) is 0 Å². The summed E-state index contributed by atoms with van der Waals surface area (Å²) in [5.74, 6) is 1.35. The molecule has 2 rings (SSSR count). The molecule has 18 heavy (non-hydrogen) atoms. The second kappa shape index (κ2) is 6.11. The van der Waals surface area contributed by atoms with E-state index >= 15 is 0 Å². The van der Waals surface area contributed by atoms with Crippen molar-refractivity contribution >= 4 is 5.82 Å². The molecule has 1 saturated heterocycles. The van der Waals surface area contributed by atoms with E-state index in [1.807, 2.05) is 0 Å². The lowest BCUT2D eigenvalue weighted by molar-refractivity contribution is 0.189. The fourth-order valence-corrected chi connectivity index (χ4v) is 2.33. The van der Waals surface area contributed by atoms with Gasteiger partial charge in [0.25, 0.3) is 0 Å². The zero-order valence-corrected chi connectivity index (χ0v) is 11.3. The van der Waals surface area contributed by atoms with Gasteiger partial charge in [-0.25, -0.2) is 9.97 Å². The number of nitrogens with one attached hydrogen (secondary N) is 1. The topological polar surface area (TPSA) is 67.1 Å². The van der Waals surface area contributed by atoms with Gasteiger partial charge in [-0.3, -0.25) is 4.90 Å². The van der Waals surface area contributed by atoms with Gasteiger partial charge in [0.2, 0.25) is 0 Å². The van der Waals surface area contributed by atoms with Gasteiger partial charge in [-0.2, -0.15) is 0 Å². The molecule has 0 aromatic carbocycles. The number of nitrogens with zero attached hydrogens (tertiary/aromatic N) is 3. The van der Waals surface area contributed by atoms with Crippen LogP contribution in [0.3, 0.4) is 0 Å². The van der Waals surface area contributed by atoms with Crippen LogP contribution in [0, 0.1) is 0 Å². The van der Waals surface area contributed by atoms with Crippen LogP contribution in [-0.2, 0) is 6.54 Å². The van der Waals surface area contributed by atoms with Crippen LogP contribution in [0.1, 0.15) is 32.5 Å². The molecule has 1 aliphatic heterocycles. The summed E-state index contributed by atoms with van der Waals surface area (Å²) < 4.78 is 0. The van der Waals surface area contributed by atoms with Crippen LogP contribution in [-0.4, -0.2) is 40.0 Å². The summed E-state index contributed by atoms with van der Waals surface area (Å²) in [7, 11) is 0. The Kier molecular flexibility index (Phi) is 4.49. The molecule has 1 aromatic heterocycles. The number of aromatic nitrogens is 2. The molecular formula is C13H23N5. The van der Waals surface area contributed by atoms with Crippen LogP contribution in [0.2, 0.25) is 0 Å². The number of hydrogen-bond donors (Lipinski definition) is 2. The first kappa shape index (κ1) is 13.2.